The van der Waals surface area contributed by atoms with Crippen LogP contribution in [0.25, 0.3) is 0 Å². The number of para-hydroxylation sites is 1. The molecule has 0 radical (unpaired) electrons. The van der Waals surface area contributed by atoms with Crippen LogP contribution in [0.2, 0.25) is 0 Å². The van der Waals surface area contributed by atoms with Crippen LogP contribution in [0.15, 0.2) is 42.7 Å². The van der Waals surface area contributed by atoms with E-state index < -0.39 is 0 Å². The smallest absolute Gasteiger partial charge is 0.224 e. The fraction of sp³-hybridized carbons (Fsp3) is 0.375. The lowest BCUT2D eigenvalue weighted by atomic mass is 10.3. The summed E-state index contributed by atoms with van der Waals surface area (Å²) in [4.78, 5) is 12.7. The molecule has 5 heteroatoms. The normalized spacial score (nSPS) is 10.7. The predicted octanol–water partition coefficient (Wildman–Crippen LogP) is 2.05. The first-order chi connectivity index (χ1) is 10.1. The molecule has 0 bridgehead atoms. The van der Waals surface area contributed by atoms with Gasteiger partial charge in [0.05, 0.1) is 0 Å². The Kier molecular flexibility index (Phi) is 5.51. The third-order valence-corrected chi connectivity index (χ3v) is 3.03. The molecule has 1 aromatic carbocycles. The number of anilines is 1. The minimum Gasteiger partial charge on any atom is -0.492 e. The lowest BCUT2D eigenvalue weighted by molar-refractivity contribution is 0.232. The third kappa shape index (κ3) is 5.04. The largest absolute Gasteiger partial charge is 0.492 e. The van der Waals surface area contributed by atoms with Crippen molar-refractivity contribution in [3.63, 3.8) is 0 Å². The molecule has 5 nitrogen and oxygen atoms in total. The van der Waals surface area contributed by atoms with Crippen molar-refractivity contribution >= 4 is 5.95 Å². The van der Waals surface area contributed by atoms with Gasteiger partial charge in [-0.3, -0.25) is 4.90 Å². The maximum atomic E-state index is 5.69. The summed E-state index contributed by atoms with van der Waals surface area (Å²) in [7, 11) is 5.93. The van der Waals surface area contributed by atoms with Gasteiger partial charge in [0.1, 0.15) is 12.4 Å². The molecular weight excluding hydrogens is 264 g/mol. The molecule has 2 rings (SSSR count). The molecule has 0 atom stereocenters. The van der Waals surface area contributed by atoms with Crippen LogP contribution in [0.1, 0.15) is 5.56 Å². The summed E-state index contributed by atoms with van der Waals surface area (Å²) in [6, 6.07) is 9.86. The van der Waals surface area contributed by atoms with Gasteiger partial charge < -0.3 is 9.64 Å². The molecule has 2 aromatic rings. The van der Waals surface area contributed by atoms with Gasteiger partial charge in [0.15, 0.2) is 0 Å². The predicted molar refractivity (Wildman–Crippen MR) is 84.6 cm³/mol. The van der Waals surface area contributed by atoms with Crippen LogP contribution in [0, 0.1) is 0 Å². The first-order valence-corrected chi connectivity index (χ1v) is 7.00. The third-order valence-electron chi connectivity index (χ3n) is 3.03. The van der Waals surface area contributed by atoms with Crippen molar-refractivity contribution in [1.29, 1.82) is 0 Å². The van der Waals surface area contributed by atoms with E-state index in [1.54, 1.807) is 0 Å². The number of ether oxygens (including phenoxy) is 1. The van der Waals surface area contributed by atoms with Gasteiger partial charge >= 0.3 is 0 Å². The fourth-order valence-corrected chi connectivity index (χ4v) is 1.89. The van der Waals surface area contributed by atoms with Crippen molar-refractivity contribution in [3.8, 4) is 5.75 Å². The Balaban J connectivity index is 1.75. The Morgan fingerprint density at radius 3 is 2.29 bits per heavy atom. The van der Waals surface area contributed by atoms with Gasteiger partial charge in [-0.15, -0.1) is 0 Å². The van der Waals surface area contributed by atoms with E-state index in [4.69, 9.17) is 4.74 Å². The van der Waals surface area contributed by atoms with E-state index in [2.05, 4.69) is 21.9 Å². The molecule has 0 aliphatic heterocycles. The summed E-state index contributed by atoms with van der Waals surface area (Å²) in [5.41, 5.74) is 1.10. The van der Waals surface area contributed by atoms with Crippen molar-refractivity contribution in [3.05, 3.63) is 48.3 Å². The molecule has 0 amide bonds. The average Bonchev–Trinajstić information content (AvgIpc) is 2.49. The molecule has 112 valence electrons. The van der Waals surface area contributed by atoms with Crippen molar-refractivity contribution in [2.24, 2.45) is 0 Å². The van der Waals surface area contributed by atoms with Crippen LogP contribution in [0.5, 0.6) is 5.75 Å². The van der Waals surface area contributed by atoms with E-state index in [9.17, 15) is 0 Å². The second-order valence-corrected chi connectivity index (χ2v) is 5.19. The number of nitrogens with zero attached hydrogens (tertiary/aromatic N) is 4. The van der Waals surface area contributed by atoms with Crippen LogP contribution in [0.4, 0.5) is 5.95 Å². The zero-order valence-electron chi connectivity index (χ0n) is 12.9. The fourth-order valence-electron chi connectivity index (χ4n) is 1.89. The zero-order valence-corrected chi connectivity index (χ0v) is 12.9. The van der Waals surface area contributed by atoms with Gasteiger partial charge in [-0.2, -0.15) is 0 Å². The maximum absolute atomic E-state index is 5.69. The van der Waals surface area contributed by atoms with Crippen molar-refractivity contribution < 1.29 is 4.74 Å². The minimum absolute atomic E-state index is 0.664. The molecule has 0 unspecified atom stereocenters. The first kappa shape index (κ1) is 15.3. The lowest BCUT2D eigenvalue weighted by Crippen LogP contribution is -2.24. The number of likely N-dealkylation sites (N-methyl/N-ethyl adjacent to an activating group) is 1. The highest BCUT2D eigenvalue weighted by Gasteiger charge is 2.03. The van der Waals surface area contributed by atoms with Gasteiger partial charge in [0.25, 0.3) is 0 Å². The Labute approximate surface area is 126 Å². The second-order valence-electron chi connectivity index (χ2n) is 5.19. The molecule has 1 aromatic heterocycles. The van der Waals surface area contributed by atoms with Crippen molar-refractivity contribution in [2.75, 3.05) is 39.2 Å². The molecule has 21 heavy (non-hydrogen) atoms. The topological polar surface area (TPSA) is 41.5 Å². The summed E-state index contributed by atoms with van der Waals surface area (Å²) < 4.78 is 5.69. The highest BCUT2D eigenvalue weighted by atomic mass is 16.5. The minimum atomic E-state index is 0.664. The standard InChI is InChI=1S/C16H22N4O/c1-19(2)16-17-11-14(12-18-16)13-20(3)9-10-21-15-7-5-4-6-8-15/h4-8,11-12H,9-10,13H2,1-3H3. The molecule has 0 N–H and O–H groups in total. The van der Waals surface area contributed by atoms with Gasteiger partial charge in [-0.25, -0.2) is 9.97 Å². The number of hydrogen-bond donors (Lipinski definition) is 0. The highest BCUT2D eigenvalue weighted by molar-refractivity contribution is 5.26. The van der Waals surface area contributed by atoms with E-state index in [1.165, 1.54) is 0 Å². The van der Waals surface area contributed by atoms with E-state index >= 15 is 0 Å². The Morgan fingerprint density at radius 1 is 1.00 bits per heavy atom. The Morgan fingerprint density at radius 2 is 1.67 bits per heavy atom. The van der Waals surface area contributed by atoms with Gasteiger partial charge in [0, 0.05) is 45.1 Å². The molecule has 0 saturated heterocycles. The molecule has 1 heterocycles. The molecule has 0 aliphatic carbocycles. The van der Waals surface area contributed by atoms with Crippen LogP contribution in [-0.2, 0) is 6.54 Å². The number of benzene rings is 1. The SMILES string of the molecule is CN(CCOc1ccccc1)Cc1cnc(N(C)C)nc1. The second kappa shape index (κ2) is 7.59. The van der Waals surface area contributed by atoms with E-state index in [-0.39, 0.29) is 0 Å². The average molecular weight is 286 g/mol. The first-order valence-electron chi connectivity index (χ1n) is 7.00. The quantitative estimate of drug-likeness (QED) is 0.779. The Bertz CT molecular complexity index is 528. The van der Waals surface area contributed by atoms with Crippen LogP contribution in [-0.4, -0.2) is 49.2 Å². The maximum Gasteiger partial charge on any atom is 0.224 e. The van der Waals surface area contributed by atoms with E-state index in [0.29, 0.717) is 6.61 Å². The Hall–Kier alpha value is -2.14. The highest BCUT2D eigenvalue weighted by Crippen LogP contribution is 2.08. The molecule has 0 saturated carbocycles. The molecule has 0 fully saturated rings. The van der Waals surface area contributed by atoms with Crippen LogP contribution >= 0.6 is 0 Å². The summed E-state index contributed by atoms with van der Waals surface area (Å²) in [6.07, 6.45) is 3.74. The summed E-state index contributed by atoms with van der Waals surface area (Å²) in [6.45, 7) is 2.33. The molecule has 0 aliphatic rings. The lowest BCUT2D eigenvalue weighted by Gasteiger charge is -2.17. The van der Waals surface area contributed by atoms with Gasteiger partial charge in [0.2, 0.25) is 5.95 Å². The number of aromatic nitrogens is 2. The van der Waals surface area contributed by atoms with Crippen molar-refractivity contribution in [1.82, 2.24) is 14.9 Å². The van der Waals surface area contributed by atoms with Gasteiger partial charge in [-0.1, -0.05) is 18.2 Å². The number of rotatable bonds is 7. The summed E-state index contributed by atoms with van der Waals surface area (Å²) in [5, 5.41) is 0. The summed E-state index contributed by atoms with van der Waals surface area (Å²) in [5.74, 6) is 1.64. The zero-order chi connectivity index (χ0) is 15.1. The molecule has 0 spiro atoms. The molecular formula is C16H22N4O. The van der Waals surface area contributed by atoms with Crippen LogP contribution < -0.4 is 9.64 Å². The van der Waals surface area contributed by atoms with E-state index in [1.807, 2.05) is 61.7 Å². The van der Waals surface area contributed by atoms with E-state index in [0.717, 1.165) is 30.4 Å². The number of hydrogen-bond acceptors (Lipinski definition) is 5. The van der Waals surface area contributed by atoms with Gasteiger partial charge in [-0.05, 0) is 19.2 Å². The van der Waals surface area contributed by atoms with Crippen LogP contribution in [0.3, 0.4) is 0 Å². The van der Waals surface area contributed by atoms with Crippen molar-refractivity contribution in [2.45, 2.75) is 6.54 Å². The summed E-state index contributed by atoms with van der Waals surface area (Å²) >= 11 is 0. The monoisotopic (exact) mass is 286 g/mol.